The van der Waals surface area contributed by atoms with E-state index in [1.54, 1.807) is 25.1 Å². The maximum absolute atomic E-state index is 11.2. The molecule has 0 unspecified atom stereocenters. The van der Waals surface area contributed by atoms with E-state index in [4.69, 9.17) is 10.2 Å². The van der Waals surface area contributed by atoms with Crippen LogP contribution in [-0.4, -0.2) is 13.1 Å². The fourth-order valence-corrected chi connectivity index (χ4v) is 1.17. The molecule has 17 heavy (non-hydrogen) atoms. The summed E-state index contributed by atoms with van der Waals surface area (Å²) >= 11 is 0. The van der Waals surface area contributed by atoms with E-state index < -0.39 is 0 Å². The SMILES string of the molecule is CCOC=O.Nc1ccc2c(=O)ccoc2c1. The summed E-state index contributed by atoms with van der Waals surface area (Å²) in [7, 11) is 0. The van der Waals surface area contributed by atoms with Gasteiger partial charge in [0.1, 0.15) is 5.58 Å². The number of hydrogen-bond donors (Lipinski definition) is 1. The molecule has 2 aromatic rings. The molecular weight excluding hydrogens is 222 g/mol. The van der Waals surface area contributed by atoms with Gasteiger partial charge in [0.15, 0.2) is 5.43 Å². The van der Waals surface area contributed by atoms with Crippen LogP contribution < -0.4 is 11.2 Å². The first-order valence-corrected chi connectivity index (χ1v) is 5.01. The number of ether oxygens (including phenoxy) is 1. The molecule has 1 heterocycles. The lowest BCUT2D eigenvalue weighted by molar-refractivity contribution is -0.128. The molecule has 5 heteroatoms. The molecule has 0 fully saturated rings. The van der Waals surface area contributed by atoms with E-state index in [9.17, 15) is 9.59 Å². The summed E-state index contributed by atoms with van der Waals surface area (Å²) in [5, 5.41) is 0.562. The van der Waals surface area contributed by atoms with Gasteiger partial charge in [0.25, 0.3) is 6.47 Å². The highest BCUT2D eigenvalue weighted by molar-refractivity contribution is 5.79. The highest BCUT2D eigenvalue weighted by Crippen LogP contribution is 2.12. The van der Waals surface area contributed by atoms with Crippen LogP contribution in [0.15, 0.2) is 39.7 Å². The lowest BCUT2D eigenvalue weighted by Crippen LogP contribution is -1.97. The van der Waals surface area contributed by atoms with Crippen LogP contribution in [0.25, 0.3) is 11.0 Å². The zero-order chi connectivity index (χ0) is 12.7. The zero-order valence-corrected chi connectivity index (χ0v) is 9.38. The van der Waals surface area contributed by atoms with Crippen molar-refractivity contribution in [3.63, 3.8) is 0 Å². The molecule has 90 valence electrons. The van der Waals surface area contributed by atoms with Crippen molar-refractivity contribution < 1.29 is 13.9 Å². The smallest absolute Gasteiger partial charge is 0.293 e. The second-order valence-corrected chi connectivity index (χ2v) is 3.09. The molecule has 5 nitrogen and oxygen atoms in total. The Hall–Kier alpha value is -2.30. The second-order valence-electron chi connectivity index (χ2n) is 3.09. The molecule has 0 aliphatic rings. The first-order valence-electron chi connectivity index (χ1n) is 5.01. The topological polar surface area (TPSA) is 82.5 Å². The molecule has 0 radical (unpaired) electrons. The fourth-order valence-electron chi connectivity index (χ4n) is 1.17. The minimum atomic E-state index is -0.0451. The lowest BCUT2D eigenvalue weighted by Gasteiger charge is -1.95. The van der Waals surface area contributed by atoms with Gasteiger partial charge in [-0.05, 0) is 19.1 Å². The van der Waals surface area contributed by atoms with E-state index in [0.29, 0.717) is 29.7 Å². The molecule has 2 N–H and O–H groups in total. The van der Waals surface area contributed by atoms with Crippen molar-refractivity contribution in [3.8, 4) is 0 Å². The van der Waals surface area contributed by atoms with Crippen LogP contribution in [0.5, 0.6) is 0 Å². The maximum Gasteiger partial charge on any atom is 0.293 e. The summed E-state index contributed by atoms with van der Waals surface area (Å²) in [4.78, 5) is 20.4. The molecule has 2 rings (SSSR count). The van der Waals surface area contributed by atoms with E-state index in [2.05, 4.69) is 4.74 Å². The third-order valence-corrected chi connectivity index (χ3v) is 1.92. The van der Waals surface area contributed by atoms with Crippen LogP contribution in [0, 0.1) is 0 Å². The Bertz CT molecular complexity index is 547. The molecule has 0 bridgehead atoms. The Morgan fingerprint density at radius 2 is 2.18 bits per heavy atom. The van der Waals surface area contributed by atoms with E-state index in [0.717, 1.165) is 0 Å². The van der Waals surface area contributed by atoms with Gasteiger partial charge in [0.05, 0.1) is 18.3 Å². The Labute approximate surface area is 97.8 Å². The van der Waals surface area contributed by atoms with Crippen molar-refractivity contribution >= 4 is 23.1 Å². The highest BCUT2D eigenvalue weighted by atomic mass is 16.5. The molecule has 0 aliphatic heterocycles. The van der Waals surface area contributed by atoms with Crippen molar-refractivity contribution in [3.05, 3.63) is 40.8 Å². The van der Waals surface area contributed by atoms with Crippen LogP contribution in [0.4, 0.5) is 5.69 Å². The molecule has 0 aliphatic carbocycles. The fraction of sp³-hybridized carbons (Fsp3) is 0.167. The Morgan fingerprint density at radius 1 is 1.41 bits per heavy atom. The monoisotopic (exact) mass is 235 g/mol. The number of nitrogens with two attached hydrogens (primary N) is 1. The lowest BCUT2D eigenvalue weighted by atomic mass is 10.2. The summed E-state index contributed by atoms with van der Waals surface area (Å²) in [6.45, 7) is 2.66. The zero-order valence-electron chi connectivity index (χ0n) is 9.38. The highest BCUT2D eigenvalue weighted by Gasteiger charge is 1.98. The summed E-state index contributed by atoms with van der Waals surface area (Å²) in [6, 6.07) is 6.37. The van der Waals surface area contributed by atoms with Gasteiger partial charge in [-0.3, -0.25) is 9.59 Å². The summed E-state index contributed by atoms with van der Waals surface area (Å²) in [5.74, 6) is 0. The Morgan fingerprint density at radius 3 is 2.76 bits per heavy atom. The van der Waals surface area contributed by atoms with Gasteiger partial charge in [0, 0.05) is 17.8 Å². The van der Waals surface area contributed by atoms with E-state index in [-0.39, 0.29) is 5.43 Å². The van der Waals surface area contributed by atoms with Gasteiger partial charge < -0.3 is 14.9 Å². The van der Waals surface area contributed by atoms with Gasteiger partial charge in [-0.25, -0.2) is 0 Å². The number of fused-ring (bicyclic) bond motifs is 1. The predicted molar refractivity (Wildman–Crippen MR) is 64.6 cm³/mol. The normalized spacial score (nSPS) is 9.24. The number of rotatable bonds is 2. The average molecular weight is 235 g/mol. The van der Waals surface area contributed by atoms with E-state index in [1.165, 1.54) is 12.3 Å². The van der Waals surface area contributed by atoms with Crippen molar-refractivity contribution in [2.75, 3.05) is 12.3 Å². The molecule has 0 atom stereocenters. The second kappa shape index (κ2) is 6.32. The minimum Gasteiger partial charge on any atom is -0.468 e. The summed E-state index contributed by atoms with van der Waals surface area (Å²) < 4.78 is 9.25. The predicted octanol–water partition coefficient (Wildman–Crippen LogP) is 1.55. The van der Waals surface area contributed by atoms with Crippen molar-refractivity contribution in [2.45, 2.75) is 6.92 Å². The Kier molecular flexibility index (Phi) is 4.75. The summed E-state index contributed by atoms with van der Waals surface area (Å²) in [6.07, 6.45) is 1.37. The average Bonchev–Trinajstić information content (AvgIpc) is 2.31. The van der Waals surface area contributed by atoms with Gasteiger partial charge in [-0.1, -0.05) is 0 Å². The first-order chi connectivity index (χ1) is 8.19. The molecule has 0 saturated heterocycles. The van der Waals surface area contributed by atoms with Crippen molar-refractivity contribution in [1.82, 2.24) is 0 Å². The number of benzene rings is 1. The largest absolute Gasteiger partial charge is 0.468 e. The standard InChI is InChI=1S/C9H7NO2.C3H6O2/c10-6-1-2-7-8(11)3-4-12-9(7)5-6;1-2-5-3-4/h1-5H,10H2;3H,2H2,1H3. The molecule has 0 spiro atoms. The van der Waals surface area contributed by atoms with Crippen LogP contribution in [0.2, 0.25) is 0 Å². The molecular formula is C12H13NO4. The number of nitrogen functional groups attached to an aromatic ring is 1. The van der Waals surface area contributed by atoms with Crippen LogP contribution in [-0.2, 0) is 9.53 Å². The van der Waals surface area contributed by atoms with Crippen LogP contribution >= 0.6 is 0 Å². The number of carbonyl (C=O) groups is 1. The van der Waals surface area contributed by atoms with Gasteiger partial charge in [-0.2, -0.15) is 0 Å². The molecule has 1 aromatic heterocycles. The van der Waals surface area contributed by atoms with Crippen LogP contribution in [0.3, 0.4) is 0 Å². The first kappa shape index (κ1) is 12.8. The van der Waals surface area contributed by atoms with Crippen molar-refractivity contribution in [2.24, 2.45) is 0 Å². The quantitative estimate of drug-likeness (QED) is 0.630. The van der Waals surface area contributed by atoms with E-state index >= 15 is 0 Å². The number of anilines is 1. The third kappa shape index (κ3) is 3.64. The third-order valence-electron chi connectivity index (χ3n) is 1.92. The minimum absolute atomic E-state index is 0.0451. The molecule has 1 aromatic carbocycles. The number of carbonyl (C=O) groups excluding carboxylic acids is 1. The molecule has 0 saturated carbocycles. The van der Waals surface area contributed by atoms with E-state index in [1.807, 2.05) is 0 Å². The van der Waals surface area contributed by atoms with Crippen molar-refractivity contribution in [1.29, 1.82) is 0 Å². The van der Waals surface area contributed by atoms with Gasteiger partial charge in [0.2, 0.25) is 0 Å². The Balaban J connectivity index is 0.000000249. The number of hydrogen-bond acceptors (Lipinski definition) is 5. The van der Waals surface area contributed by atoms with Gasteiger partial charge in [-0.15, -0.1) is 0 Å². The maximum atomic E-state index is 11.2. The van der Waals surface area contributed by atoms with Gasteiger partial charge >= 0.3 is 0 Å². The molecule has 0 amide bonds. The summed E-state index contributed by atoms with van der Waals surface area (Å²) in [5.41, 5.74) is 6.59. The van der Waals surface area contributed by atoms with Crippen LogP contribution in [0.1, 0.15) is 6.92 Å².